The molecule has 3 saturated heterocycles. The number of Topliss-reactive ketones (excluding diaryl/α,β-unsaturated/α-hetero) is 2. The zero-order valence-corrected chi connectivity index (χ0v) is 34.6. The Bertz CT molecular complexity index is 1790. The fourth-order valence-electron chi connectivity index (χ4n) is 8.20. The molecule has 2 unspecified atom stereocenters. The lowest BCUT2D eigenvalue weighted by Gasteiger charge is -2.46. The first kappa shape index (κ1) is 44.4. The number of carbonyl (C=O) groups is 5. The molecule has 1 aromatic heterocycles. The molecule has 58 heavy (non-hydrogen) atoms. The Hall–Kier alpha value is -4.71. The molecule has 0 saturated carbocycles. The molecule has 0 spiro atoms. The standard InChI is InChI=1S/C41H57N5O12/c1-10-30-35-31(43-39(51)56-35)24(4)32(47)22(2)21-41(7,58-40(52)53-19-11-12-27-13-15-28(16-14-27)46-18-17-42-44-46)36(25(5)33(48)26(6)37(50)55-30)57-38-34(49)29(45(8)9)20-23(3)54-38/h11-18,22-26,29-31,34-36,38,49H,10,19-21H2,1-9H3,(H,43,51)/b12-11+/t22-,23-,24-,25+,26-,29+,30-,31+,34-,35-,36?,38?,41-/m1/s1. The molecule has 3 aliphatic heterocycles. The topological polar surface area (TPSA) is 207 Å². The molecule has 2 aromatic rings. The van der Waals surface area contributed by atoms with E-state index in [4.69, 9.17) is 28.4 Å². The Morgan fingerprint density at radius 2 is 1.76 bits per heavy atom. The average molecular weight is 812 g/mol. The van der Waals surface area contributed by atoms with E-state index in [1.807, 2.05) is 50.2 Å². The number of hydrogen-bond donors (Lipinski definition) is 2. The van der Waals surface area contributed by atoms with Crippen molar-refractivity contribution in [1.82, 2.24) is 25.2 Å². The number of aliphatic hydroxyl groups is 1. The lowest BCUT2D eigenvalue weighted by molar-refractivity contribution is -0.293. The van der Waals surface area contributed by atoms with E-state index in [1.165, 1.54) is 20.8 Å². The number of aromatic nitrogens is 3. The number of esters is 1. The van der Waals surface area contributed by atoms with Gasteiger partial charge < -0.3 is 43.7 Å². The predicted molar refractivity (Wildman–Crippen MR) is 207 cm³/mol. The van der Waals surface area contributed by atoms with E-state index < -0.39 is 90.0 Å². The van der Waals surface area contributed by atoms with Crippen LogP contribution in [0.4, 0.5) is 9.59 Å². The van der Waals surface area contributed by atoms with Gasteiger partial charge in [-0.25, -0.2) is 14.3 Å². The Kier molecular flexibility index (Phi) is 14.5. The van der Waals surface area contributed by atoms with Crippen LogP contribution in [0.15, 0.2) is 42.7 Å². The van der Waals surface area contributed by atoms with Crippen LogP contribution < -0.4 is 5.32 Å². The summed E-state index contributed by atoms with van der Waals surface area (Å²) in [5.74, 6) is -6.02. The number of fused-ring (bicyclic) bond motifs is 1. The number of aliphatic hydroxyl groups excluding tert-OH is 1. The van der Waals surface area contributed by atoms with E-state index in [9.17, 15) is 29.1 Å². The van der Waals surface area contributed by atoms with Crippen molar-refractivity contribution in [3.05, 3.63) is 48.3 Å². The van der Waals surface area contributed by atoms with Crippen molar-refractivity contribution in [3.8, 4) is 5.69 Å². The van der Waals surface area contributed by atoms with Gasteiger partial charge in [-0.3, -0.25) is 14.4 Å². The predicted octanol–water partition coefficient (Wildman–Crippen LogP) is 3.89. The summed E-state index contributed by atoms with van der Waals surface area (Å²) in [5, 5.41) is 22.0. The first-order valence-corrected chi connectivity index (χ1v) is 19.8. The first-order chi connectivity index (χ1) is 27.4. The van der Waals surface area contributed by atoms with Gasteiger partial charge in [0.25, 0.3) is 0 Å². The van der Waals surface area contributed by atoms with Crippen LogP contribution in [0.1, 0.15) is 73.3 Å². The molecule has 17 heteroatoms. The van der Waals surface area contributed by atoms with Crippen LogP contribution in [-0.4, -0.2) is 130 Å². The molecule has 1 aromatic carbocycles. The van der Waals surface area contributed by atoms with Crippen LogP contribution in [0.5, 0.6) is 0 Å². The Morgan fingerprint density at radius 3 is 2.40 bits per heavy atom. The molecular formula is C41H57N5O12. The monoisotopic (exact) mass is 811 g/mol. The Labute approximate surface area is 338 Å². The van der Waals surface area contributed by atoms with Crippen LogP contribution in [0, 0.1) is 23.7 Å². The summed E-state index contributed by atoms with van der Waals surface area (Å²) in [6, 6.07) is 6.17. The van der Waals surface area contributed by atoms with E-state index in [1.54, 1.807) is 50.0 Å². The van der Waals surface area contributed by atoms with E-state index in [-0.39, 0.29) is 37.4 Å². The number of ether oxygens (including phenoxy) is 6. The number of amides is 1. The average Bonchev–Trinajstić information content (AvgIpc) is 3.87. The lowest BCUT2D eigenvalue weighted by Crippen LogP contribution is -2.60. The van der Waals surface area contributed by atoms with Crippen molar-refractivity contribution in [2.24, 2.45) is 23.7 Å². The number of benzene rings is 1. The Morgan fingerprint density at radius 1 is 1.05 bits per heavy atom. The SMILES string of the molecule is CC[C@H]1OC(=O)[C@H](C)C(=O)[C@H](C)C(OC2O[C@H](C)C[C@H](N(C)C)[C@H]2O)[C@](C)(OC(=O)OC/C=C/c2ccc(-n3ccnn3)cc2)C[C@@H](C)C(=O)[C@H](C)[C@@H]2NC(=O)O[C@@H]21. The number of nitrogens with zero attached hydrogens (tertiary/aromatic N) is 4. The molecule has 13 atom stereocenters. The second-order valence-corrected chi connectivity index (χ2v) is 16.1. The number of likely N-dealkylation sites (N-methyl/N-ethyl adjacent to an activating group) is 1. The lowest BCUT2D eigenvalue weighted by atomic mass is 9.75. The molecule has 318 valence electrons. The van der Waals surface area contributed by atoms with Crippen LogP contribution >= 0.6 is 0 Å². The molecule has 17 nitrogen and oxygen atoms in total. The normalized spacial score (nSPS) is 35.2. The third-order valence-electron chi connectivity index (χ3n) is 11.4. The summed E-state index contributed by atoms with van der Waals surface area (Å²) in [7, 11) is 3.63. The van der Waals surface area contributed by atoms with Gasteiger partial charge in [-0.15, -0.1) is 5.10 Å². The number of alkyl carbamates (subject to hydrolysis) is 1. The minimum absolute atomic E-state index is 0.181. The highest BCUT2D eigenvalue weighted by atomic mass is 16.8. The van der Waals surface area contributed by atoms with Crippen LogP contribution in [0.2, 0.25) is 0 Å². The maximum atomic E-state index is 14.3. The zero-order valence-electron chi connectivity index (χ0n) is 34.6. The second-order valence-electron chi connectivity index (χ2n) is 16.1. The van der Waals surface area contributed by atoms with Crippen LogP contribution in [-0.2, 0) is 42.8 Å². The number of carbonyl (C=O) groups excluding carboxylic acids is 5. The highest BCUT2D eigenvalue weighted by molar-refractivity contribution is 6.00. The molecular weight excluding hydrogens is 754 g/mol. The summed E-state index contributed by atoms with van der Waals surface area (Å²) < 4.78 is 37.3. The zero-order chi connectivity index (χ0) is 42.5. The third-order valence-corrected chi connectivity index (χ3v) is 11.4. The van der Waals surface area contributed by atoms with Crippen LogP contribution in [0.25, 0.3) is 11.8 Å². The second kappa shape index (κ2) is 18.9. The molecule has 2 N–H and O–H groups in total. The van der Waals surface area contributed by atoms with Gasteiger partial charge in [-0.05, 0) is 77.9 Å². The van der Waals surface area contributed by atoms with E-state index in [0.29, 0.717) is 6.42 Å². The number of ketones is 2. The van der Waals surface area contributed by atoms with Crippen LogP contribution in [0.3, 0.4) is 0 Å². The van der Waals surface area contributed by atoms with Gasteiger partial charge in [0.1, 0.15) is 42.2 Å². The van der Waals surface area contributed by atoms with Gasteiger partial charge in [-0.1, -0.05) is 51.1 Å². The number of nitrogens with one attached hydrogen (secondary N) is 1. The van der Waals surface area contributed by atoms with Crippen molar-refractivity contribution in [1.29, 1.82) is 0 Å². The fourth-order valence-corrected chi connectivity index (χ4v) is 8.20. The van der Waals surface area contributed by atoms with Crippen molar-refractivity contribution in [2.45, 2.75) is 122 Å². The van der Waals surface area contributed by atoms with Gasteiger partial charge in [0, 0.05) is 23.8 Å². The van der Waals surface area contributed by atoms with Crippen molar-refractivity contribution < 1.29 is 57.5 Å². The quantitative estimate of drug-likeness (QED) is 0.209. The first-order valence-electron chi connectivity index (χ1n) is 19.8. The minimum atomic E-state index is -1.80. The maximum absolute atomic E-state index is 14.3. The summed E-state index contributed by atoms with van der Waals surface area (Å²) in [4.78, 5) is 70.3. The summed E-state index contributed by atoms with van der Waals surface area (Å²) in [6.07, 6.45) is -0.854. The van der Waals surface area contributed by atoms with Crippen molar-refractivity contribution in [2.75, 3.05) is 20.7 Å². The molecule has 5 rings (SSSR count). The number of cyclic esters (lactones) is 1. The van der Waals surface area contributed by atoms with Gasteiger partial charge >= 0.3 is 18.2 Å². The van der Waals surface area contributed by atoms with E-state index in [2.05, 4.69) is 15.6 Å². The number of hydrogen-bond acceptors (Lipinski definition) is 15. The summed E-state index contributed by atoms with van der Waals surface area (Å²) in [6.45, 7) is 11.1. The van der Waals surface area contributed by atoms with Crippen molar-refractivity contribution in [3.63, 3.8) is 0 Å². The smallest absolute Gasteiger partial charge is 0.458 e. The van der Waals surface area contributed by atoms with Crippen molar-refractivity contribution >= 4 is 35.9 Å². The molecule has 0 aliphatic carbocycles. The highest BCUT2D eigenvalue weighted by Gasteiger charge is 2.53. The minimum Gasteiger partial charge on any atom is -0.458 e. The Balaban J connectivity index is 1.47. The van der Waals surface area contributed by atoms with Gasteiger partial charge in [0.05, 0.1) is 30.2 Å². The third kappa shape index (κ3) is 10.1. The summed E-state index contributed by atoms with van der Waals surface area (Å²) >= 11 is 0. The van der Waals surface area contributed by atoms with Gasteiger partial charge in [0.15, 0.2) is 18.2 Å². The molecule has 3 fully saturated rings. The van der Waals surface area contributed by atoms with E-state index >= 15 is 0 Å². The number of rotatable bonds is 9. The molecule has 4 heterocycles. The van der Waals surface area contributed by atoms with E-state index in [0.717, 1.165) is 11.3 Å². The highest BCUT2D eigenvalue weighted by Crippen LogP contribution is 2.38. The largest absolute Gasteiger partial charge is 0.509 e. The molecule has 0 bridgehead atoms. The molecule has 3 aliphatic rings. The van der Waals surface area contributed by atoms with Gasteiger partial charge in [0.2, 0.25) is 0 Å². The fraction of sp³-hybridized carbons (Fsp3) is 0.634. The molecule has 1 amide bonds. The maximum Gasteiger partial charge on any atom is 0.509 e. The molecule has 0 radical (unpaired) electrons. The van der Waals surface area contributed by atoms with Gasteiger partial charge in [-0.2, -0.15) is 0 Å². The summed E-state index contributed by atoms with van der Waals surface area (Å²) in [5.41, 5.74) is -0.164.